The molecule has 2 aliphatic heterocycles. The van der Waals surface area contributed by atoms with Gasteiger partial charge in [0.05, 0.1) is 13.2 Å². The van der Waals surface area contributed by atoms with Crippen molar-refractivity contribution >= 4 is 11.8 Å². The first-order valence-corrected chi connectivity index (χ1v) is 9.55. The molecule has 2 amide bonds. The third kappa shape index (κ3) is 4.02. The highest BCUT2D eigenvalue weighted by Crippen LogP contribution is 2.34. The van der Waals surface area contributed by atoms with Gasteiger partial charge in [0.15, 0.2) is 0 Å². The maximum atomic E-state index is 11.6. The summed E-state index contributed by atoms with van der Waals surface area (Å²) in [6.45, 7) is 0.586. The number of hydrogen-bond donors (Lipinski definition) is 1. The summed E-state index contributed by atoms with van der Waals surface area (Å²) in [5.41, 5.74) is 2.39. The maximum Gasteiger partial charge on any atom is 0.229 e. The van der Waals surface area contributed by atoms with Gasteiger partial charge in [0.1, 0.15) is 24.2 Å². The van der Waals surface area contributed by atoms with E-state index in [-0.39, 0.29) is 37.8 Å². The molecule has 2 heterocycles. The number of ether oxygens (including phenoxy) is 2. The summed E-state index contributed by atoms with van der Waals surface area (Å²) in [6, 6.07) is 16.0. The van der Waals surface area contributed by atoms with E-state index in [9.17, 15) is 14.7 Å². The number of rotatable bonds is 6. The second-order valence-corrected chi connectivity index (χ2v) is 7.26. The van der Waals surface area contributed by atoms with Crippen LogP contribution in [0.4, 0.5) is 0 Å². The lowest BCUT2D eigenvalue weighted by molar-refractivity contribution is -0.140. The number of amides is 2. The first-order chi connectivity index (χ1) is 13.6. The van der Waals surface area contributed by atoms with Crippen LogP contribution in [0.2, 0.25) is 0 Å². The highest BCUT2D eigenvalue weighted by molar-refractivity contribution is 6.01. The van der Waals surface area contributed by atoms with Crippen LogP contribution in [0, 0.1) is 0 Å². The fourth-order valence-corrected chi connectivity index (χ4v) is 3.66. The molecule has 6 nitrogen and oxygen atoms in total. The summed E-state index contributed by atoms with van der Waals surface area (Å²) >= 11 is 0. The molecule has 2 aromatic carbocycles. The van der Waals surface area contributed by atoms with Crippen LogP contribution >= 0.6 is 0 Å². The lowest BCUT2D eigenvalue weighted by Gasteiger charge is -2.26. The Morgan fingerprint density at radius 3 is 2.61 bits per heavy atom. The highest BCUT2D eigenvalue weighted by Gasteiger charge is 2.30. The van der Waals surface area contributed by atoms with Crippen LogP contribution in [-0.2, 0) is 16.0 Å². The number of nitrogens with zero attached hydrogens (tertiary/aromatic N) is 1. The normalized spacial score (nSPS) is 19.9. The monoisotopic (exact) mass is 381 g/mol. The summed E-state index contributed by atoms with van der Waals surface area (Å²) in [4.78, 5) is 24.3. The molecule has 6 heteroatoms. The Labute approximate surface area is 163 Å². The number of imide groups is 1. The summed E-state index contributed by atoms with van der Waals surface area (Å²) < 4.78 is 11.6. The van der Waals surface area contributed by atoms with Crippen molar-refractivity contribution in [3.8, 4) is 11.5 Å². The summed E-state index contributed by atoms with van der Waals surface area (Å²) in [5.74, 6) is 1.25. The third-order valence-corrected chi connectivity index (χ3v) is 5.21. The number of carbonyl (C=O) groups is 2. The molecule has 1 saturated heterocycles. The number of fused-ring (bicyclic) bond motifs is 1. The second-order valence-electron chi connectivity index (χ2n) is 7.26. The second kappa shape index (κ2) is 8.02. The van der Waals surface area contributed by atoms with Crippen LogP contribution in [0.1, 0.15) is 29.9 Å². The molecule has 4 rings (SSSR count). The number of hydrogen-bond acceptors (Lipinski definition) is 5. The Morgan fingerprint density at radius 2 is 1.86 bits per heavy atom. The zero-order valence-corrected chi connectivity index (χ0v) is 15.5. The molecule has 146 valence electrons. The van der Waals surface area contributed by atoms with Crippen molar-refractivity contribution in [1.82, 2.24) is 4.90 Å². The summed E-state index contributed by atoms with van der Waals surface area (Å²) in [7, 11) is 0. The average Bonchev–Trinajstić information content (AvgIpc) is 3.04. The molecule has 2 unspecified atom stereocenters. The van der Waals surface area contributed by atoms with E-state index in [1.807, 2.05) is 36.4 Å². The van der Waals surface area contributed by atoms with Gasteiger partial charge < -0.3 is 14.6 Å². The molecule has 2 aromatic rings. The number of aliphatic hydroxyl groups is 1. The van der Waals surface area contributed by atoms with Crippen LogP contribution in [0.3, 0.4) is 0 Å². The third-order valence-electron chi connectivity index (χ3n) is 5.21. The van der Waals surface area contributed by atoms with E-state index >= 15 is 0 Å². The van der Waals surface area contributed by atoms with Gasteiger partial charge in [0.25, 0.3) is 0 Å². The Bertz CT molecular complexity index is 850. The van der Waals surface area contributed by atoms with Gasteiger partial charge in [-0.1, -0.05) is 36.4 Å². The molecule has 2 atom stereocenters. The first kappa shape index (κ1) is 18.5. The van der Waals surface area contributed by atoms with Gasteiger partial charge >= 0.3 is 0 Å². The van der Waals surface area contributed by atoms with Crippen molar-refractivity contribution in [3.05, 3.63) is 59.7 Å². The van der Waals surface area contributed by atoms with E-state index < -0.39 is 6.10 Å². The van der Waals surface area contributed by atoms with E-state index in [4.69, 9.17) is 9.47 Å². The van der Waals surface area contributed by atoms with Crippen LogP contribution in [0.5, 0.6) is 11.5 Å². The van der Waals surface area contributed by atoms with Gasteiger partial charge in [0, 0.05) is 24.8 Å². The minimum Gasteiger partial charge on any atom is -0.493 e. The van der Waals surface area contributed by atoms with Gasteiger partial charge in [0.2, 0.25) is 11.8 Å². The molecule has 1 fully saturated rings. The zero-order valence-electron chi connectivity index (χ0n) is 15.5. The smallest absolute Gasteiger partial charge is 0.229 e. The molecule has 0 aromatic heterocycles. The largest absolute Gasteiger partial charge is 0.493 e. The van der Waals surface area contributed by atoms with Gasteiger partial charge in [-0.25, -0.2) is 0 Å². The highest BCUT2D eigenvalue weighted by atomic mass is 16.5. The number of benzene rings is 2. The molecular weight excluding hydrogens is 358 g/mol. The number of likely N-dealkylation sites (tertiary alicyclic amines) is 1. The van der Waals surface area contributed by atoms with E-state index in [1.54, 1.807) is 0 Å². The standard InChI is InChI=1S/C22H23NO5/c24-18(12-23-21(25)8-9-22(23)26)14-27-19-7-6-16-10-17(13-28-20(16)11-19)15-4-2-1-3-5-15/h1-7,11,17-18,24H,8-10,12-14H2. The van der Waals surface area contributed by atoms with Gasteiger partial charge in [-0.05, 0) is 23.6 Å². The summed E-state index contributed by atoms with van der Waals surface area (Å²) in [6.07, 6.45) is 0.420. The average molecular weight is 381 g/mol. The molecule has 0 spiro atoms. The van der Waals surface area contributed by atoms with Gasteiger partial charge in [-0.3, -0.25) is 14.5 Å². The van der Waals surface area contributed by atoms with Crippen molar-refractivity contribution < 1.29 is 24.2 Å². The fourth-order valence-electron chi connectivity index (χ4n) is 3.66. The van der Waals surface area contributed by atoms with Gasteiger partial charge in [-0.15, -0.1) is 0 Å². The molecule has 28 heavy (non-hydrogen) atoms. The SMILES string of the molecule is O=C1CCC(=O)N1CC(O)COc1ccc2c(c1)OCC(c1ccccc1)C2. The Balaban J connectivity index is 1.33. The van der Waals surface area contributed by atoms with E-state index in [1.165, 1.54) is 5.56 Å². The summed E-state index contributed by atoms with van der Waals surface area (Å²) in [5, 5.41) is 10.1. The lowest BCUT2D eigenvalue weighted by Crippen LogP contribution is -2.38. The number of β-amino-alcohol motifs (C(OH)–C–C–N with tert-alkyl or cyclic N) is 1. The predicted molar refractivity (Wildman–Crippen MR) is 102 cm³/mol. The number of aliphatic hydroxyl groups excluding tert-OH is 1. The van der Waals surface area contributed by atoms with Crippen molar-refractivity contribution in [1.29, 1.82) is 0 Å². The topological polar surface area (TPSA) is 76.1 Å². The lowest BCUT2D eigenvalue weighted by atomic mass is 9.90. The Hall–Kier alpha value is -2.86. The predicted octanol–water partition coefficient (Wildman–Crippen LogP) is 2.29. The molecule has 1 N–H and O–H groups in total. The Morgan fingerprint density at radius 1 is 1.11 bits per heavy atom. The van der Waals surface area contributed by atoms with E-state index in [0.717, 1.165) is 22.6 Å². The zero-order chi connectivity index (χ0) is 19.5. The van der Waals surface area contributed by atoms with Crippen molar-refractivity contribution in [3.63, 3.8) is 0 Å². The minimum atomic E-state index is -0.926. The van der Waals surface area contributed by atoms with Crippen LogP contribution in [-0.4, -0.2) is 47.7 Å². The van der Waals surface area contributed by atoms with Crippen LogP contribution in [0.25, 0.3) is 0 Å². The molecule has 0 radical (unpaired) electrons. The molecule has 0 saturated carbocycles. The van der Waals surface area contributed by atoms with Crippen LogP contribution < -0.4 is 9.47 Å². The Kier molecular flexibility index (Phi) is 5.30. The van der Waals surface area contributed by atoms with Crippen molar-refractivity contribution in [2.45, 2.75) is 31.3 Å². The fraction of sp³-hybridized carbons (Fsp3) is 0.364. The minimum absolute atomic E-state index is 0.00247. The van der Waals surface area contributed by atoms with Crippen LogP contribution in [0.15, 0.2) is 48.5 Å². The van der Waals surface area contributed by atoms with E-state index in [2.05, 4.69) is 12.1 Å². The van der Waals surface area contributed by atoms with Gasteiger partial charge in [-0.2, -0.15) is 0 Å². The maximum absolute atomic E-state index is 11.6. The van der Waals surface area contributed by atoms with Crippen molar-refractivity contribution in [2.24, 2.45) is 0 Å². The molecule has 0 bridgehead atoms. The molecular formula is C22H23NO5. The first-order valence-electron chi connectivity index (χ1n) is 9.55. The van der Waals surface area contributed by atoms with Crippen molar-refractivity contribution in [2.75, 3.05) is 19.8 Å². The number of carbonyl (C=O) groups excluding carboxylic acids is 2. The molecule has 0 aliphatic carbocycles. The van der Waals surface area contributed by atoms with E-state index in [0.29, 0.717) is 18.3 Å². The quantitative estimate of drug-likeness (QED) is 0.777. The molecule has 2 aliphatic rings.